The lowest BCUT2D eigenvalue weighted by molar-refractivity contribution is 0.0336. The summed E-state index contributed by atoms with van der Waals surface area (Å²) in [4.78, 5) is 5.45. The summed E-state index contributed by atoms with van der Waals surface area (Å²) in [6.45, 7) is 16.9. The highest BCUT2D eigenvalue weighted by Crippen LogP contribution is 2.27. The first-order valence-corrected chi connectivity index (χ1v) is 8.20. The summed E-state index contributed by atoms with van der Waals surface area (Å²) in [5, 5.41) is 3.59. The van der Waals surface area contributed by atoms with Crippen LogP contribution in [0.2, 0.25) is 0 Å². The minimum Gasteiger partial charge on any atom is -0.316 e. The second kappa shape index (κ2) is 6.55. The third-order valence-corrected chi connectivity index (χ3v) is 4.73. The predicted octanol–water partition coefficient (Wildman–Crippen LogP) is 2.18. The third-order valence-electron chi connectivity index (χ3n) is 4.73. The van der Waals surface area contributed by atoms with Crippen molar-refractivity contribution >= 4 is 0 Å². The molecule has 0 aromatic heterocycles. The fraction of sp³-hybridized carbons (Fsp3) is 1.00. The average Bonchev–Trinajstić information content (AvgIpc) is 2.76. The summed E-state index contributed by atoms with van der Waals surface area (Å²) >= 11 is 0. The van der Waals surface area contributed by atoms with Crippen molar-refractivity contribution in [1.29, 1.82) is 0 Å². The SMILES string of the molecule is CCCNCC(C)(C)CN1CC2CCCN2CC1C. The molecule has 2 unspecified atom stereocenters. The van der Waals surface area contributed by atoms with Gasteiger partial charge < -0.3 is 5.32 Å². The normalized spacial score (nSPS) is 29.7. The molecule has 0 saturated carbocycles. The number of rotatable bonds is 6. The van der Waals surface area contributed by atoms with Crippen LogP contribution in [-0.4, -0.2) is 61.2 Å². The van der Waals surface area contributed by atoms with Crippen molar-refractivity contribution in [2.75, 3.05) is 39.3 Å². The summed E-state index contributed by atoms with van der Waals surface area (Å²) in [5.41, 5.74) is 0.379. The van der Waals surface area contributed by atoms with Crippen molar-refractivity contribution in [3.8, 4) is 0 Å². The molecule has 112 valence electrons. The molecule has 0 aliphatic carbocycles. The lowest BCUT2D eigenvalue weighted by Gasteiger charge is -2.45. The summed E-state index contributed by atoms with van der Waals surface area (Å²) in [7, 11) is 0. The molecule has 2 heterocycles. The zero-order valence-corrected chi connectivity index (χ0v) is 13.4. The molecule has 2 saturated heterocycles. The van der Waals surface area contributed by atoms with E-state index in [4.69, 9.17) is 0 Å². The molecule has 3 nitrogen and oxygen atoms in total. The van der Waals surface area contributed by atoms with Gasteiger partial charge in [0.25, 0.3) is 0 Å². The highest BCUT2D eigenvalue weighted by atomic mass is 15.3. The van der Waals surface area contributed by atoms with Crippen LogP contribution in [-0.2, 0) is 0 Å². The minimum atomic E-state index is 0.379. The van der Waals surface area contributed by atoms with Crippen LogP contribution in [0.3, 0.4) is 0 Å². The van der Waals surface area contributed by atoms with Gasteiger partial charge in [-0.05, 0) is 44.7 Å². The van der Waals surface area contributed by atoms with Gasteiger partial charge in [0.05, 0.1) is 0 Å². The Kier molecular flexibility index (Phi) is 5.27. The minimum absolute atomic E-state index is 0.379. The number of hydrogen-bond donors (Lipinski definition) is 1. The summed E-state index contributed by atoms with van der Waals surface area (Å²) in [6.07, 6.45) is 4.05. The van der Waals surface area contributed by atoms with E-state index in [2.05, 4.69) is 42.8 Å². The molecule has 0 spiro atoms. The van der Waals surface area contributed by atoms with E-state index >= 15 is 0 Å². The Labute approximate surface area is 119 Å². The topological polar surface area (TPSA) is 18.5 Å². The van der Waals surface area contributed by atoms with Gasteiger partial charge in [-0.2, -0.15) is 0 Å². The average molecular weight is 267 g/mol. The van der Waals surface area contributed by atoms with E-state index in [1.807, 2.05) is 0 Å². The molecule has 19 heavy (non-hydrogen) atoms. The third kappa shape index (κ3) is 4.17. The molecule has 0 bridgehead atoms. The van der Waals surface area contributed by atoms with Crippen LogP contribution in [0.4, 0.5) is 0 Å². The predicted molar refractivity (Wildman–Crippen MR) is 82.6 cm³/mol. The zero-order valence-electron chi connectivity index (χ0n) is 13.4. The number of nitrogens with one attached hydrogen (secondary N) is 1. The van der Waals surface area contributed by atoms with Crippen LogP contribution in [0.25, 0.3) is 0 Å². The molecule has 2 fully saturated rings. The van der Waals surface area contributed by atoms with E-state index in [-0.39, 0.29) is 0 Å². The summed E-state index contributed by atoms with van der Waals surface area (Å²) < 4.78 is 0. The summed E-state index contributed by atoms with van der Waals surface area (Å²) in [5.74, 6) is 0. The Balaban J connectivity index is 1.83. The number of piperazine rings is 1. The first-order valence-electron chi connectivity index (χ1n) is 8.20. The molecule has 0 radical (unpaired) electrons. The lowest BCUT2D eigenvalue weighted by Crippen LogP contribution is -2.57. The van der Waals surface area contributed by atoms with Gasteiger partial charge in [0.1, 0.15) is 0 Å². The highest BCUT2D eigenvalue weighted by Gasteiger charge is 2.36. The van der Waals surface area contributed by atoms with E-state index in [1.165, 1.54) is 45.4 Å². The van der Waals surface area contributed by atoms with Crippen LogP contribution in [0.5, 0.6) is 0 Å². The molecule has 0 aromatic carbocycles. The van der Waals surface area contributed by atoms with E-state index in [0.29, 0.717) is 5.41 Å². The number of nitrogens with zero attached hydrogens (tertiary/aromatic N) is 2. The standard InChI is InChI=1S/C16H33N3/c1-5-8-17-12-16(3,4)13-19-11-15-7-6-9-18(15)10-14(19)2/h14-15,17H,5-13H2,1-4H3. The van der Waals surface area contributed by atoms with E-state index in [9.17, 15) is 0 Å². The molecular formula is C16H33N3. The second-order valence-electron chi connectivity index (χ2n) is 7.41. The van der Waals surface area contributed by atoms with Gasteiger partial charge in [-0.1, -0.05) is 20.8 Å². The quantitative estimate of drug-likeness (QED) is 0.744. The zero-order chi connectivity index (χ0) is 13.9. The fourth-order valence-electron chi connectivity index (χ4n) is 3.68. The molecule has 2 rings (SSSR count). The van der Waals surface area contributed by atoms with Crippen LogP contribution in [0, 0.1) is 5.41 Å². The molecule has 1 N–H and O–H groups in total. The van der Waals surface area contributed by atoms with E-state index < -0.39 is 0 Å². The van der Waals surface area contributed by atoms with Crippen LogP contribution in [0.15, 0.2) is 0 Å². The van der Waals surface area contributed by atoms with Gasteiger partial charge in [-0.3, -0.25) is 9.80 Å². The van der Waals surface area contributed by atoms with Gasteiger partial charge in [0.15, 0.2) is 0 Å². The molecular weight excluding hydrogens is 234 g/mol. The maximum Gasteiger partial charge on any atom is 0.0224 e. The van der Waals surface area contributed by atoms with Crippen molar-refractivity contribution < 1.29 is 0 Å². The van der Waals surface area contributed by atoms with Crippen molar-refractivity contribution in [3.05, 3.63) is 0 Å². The first kappa shape index (κ1) is 15.3. The molecule has 2 aliphatic heterocycles. The largest absolute Gasteiger partial charge is 0.316 e. The van der Waals surface area contributed by atoms with Gasteiger partial charge in [-0.15, -0.1) is 0 Å². The van der Waals surface area contributed by atoms with Crippen molar-refractivity contribution in [3.63, 3.8) is 0 Å². The van der Waals surface area contributed by atoms with Gasteiger partial charge >= 0.3 is 0 Å². The smallest absolute Gasteiger partial charge is 0.0224 e. The van der Waals surface area contributed by atoms with Crippen LogP contribution in [0.1, 0.15) is 47.0 Å². The van der Waals surface area contributed by atoms with E-state index in [1.54, 1.807) is 0 Å². The Morgan fingerprint density at radius 3 is 2.79 bits per heavy atom. The molecule has 2 aliphatic rings. The van der Waals surface area contributed by atoms with Crippen molar-refractivity contribution in [1.82, 2.24) is 15.1 Å². The van der Waals surface area contributed by atoms with Crippen LogP contribution >= 0.6 is 0 Å². The lowest BCUT2D eigenvalue weighted by atomic mass is 9.91. The van der Waals surface area contributed by atoms with Crippen molar-refractivity contribution in [2.45, 2.75) is 59.0 Å². The van der Waals surface area contributed by atoms with Gasteiger partial charge in [0.2, 0.25) is 0 Å². The first-order chi connectivity index (χ1) is 9.02. The monoisotopic (exact) mass is 267 g/mol. The molecule has 0 aromatic rings. The summed E-state index contributed by atoms with van der Waals surface area (Å²) in [6, 6.07) is 1.57. The fourth-order valence-corrected chi connectivity index (χ4v) is 3.68. The Morgan fingerprint density at radius 2 is 2.05 bits per heavy atom. The second-order valence-corrected chi connectivity index (χ2v) is 7.41. The molecule has 0 amide bonds. The highest BCUT2D eigenvalue weighted by molar-refractivity contribution is 4.92. The van der Waals surface area contributed by atoms with Gasteiger partial charge in [-0.25, -0.2) is 0 Å². The number of fused-ring (bicyclic) bond motifs is 1. The number of hydrogen-bond acceptors (Lipinski definition) is 3. The Hall–Kier alpha value is -0.120. The van der Waals surface area contributed by atoms with Crippen molar-refractivity contribution in [2.24, 2.45) is 5.41 Å². The Bertz CT molecular complexity index is 277. The molecule has 2 atom stereocenters. The Morgan fingerprint density at radius 1 is 1.26 bits per heavy atom. The van der Waals surface area contributed by atoms with E-state index in [0.717, 1.165) is 25.2 Å². The molecule has 3 heteroatoms. The van der Waals surface area contributed by atoms with Gasteiger partial charge in [0, 0.05) is 38.3 Å². The maximum absolute atomic E-state index is 3.59. The van der Waals surface area contributed by atoms with Crippen LogP contribution < -0.4 is 5.32 Å². The maximum atomic E-state index is 3.59.